The van der Waals surface area contributed by atoms with E-state index in [1.165, 1.54) is 0 Å². The summed E-state index contributed by atoms with van der Waals surface area (Å²) in [5.74, 6) is 0. The Morgan fingerprint density at radius 2 is 2.33 bits per heavy atom. The fourth-order valence-electron chi connectivity index (χ4n) is 1.88. The minimum absolute atomic E-state index is 0.0782. The van der Waals surface area contributed by atoms with Crippen molar-refractivity contribution in [3.05, 3.63) is 45.4 Å². The van der Waals surface area contributed by atoms with Crippen molar-refractivity contribution in [1.29, 1.82) is 0 Å². The second kappa shape index (κ2) is 5.82. The van der Waals surface area contributed by atoms with Crippen LogP contribution in [0, 0.1) is 0 Å². The highest BCUT2D eigenvalue weighted by atomic mass is 79.9. The van der Waals surface area contributed by atoms with Gasteiger partial charge in [-0.25, -0.2) is 0 Å². The van der Waals surface area contributed by atoms with E-state index in [9.17, 15) is 0 Å². The Bertz CT molecular complexity index is 521. The van der Waals surface area contributed by atoms with Crippen LogP contribution in [0.25, 0.3) is 0 Å². The minimum atomic E-state index is -0.0782. The van der Waals surface area contributed by atoms with Gasteiger partial charge in [-0.3, -0.25) is 9.67 Å². The summed E-state index contributed by atoms with van der Waals surface area (Å²) in [5, 5.41) is 8.20. The molecule has 2 aromatic heterocycles. The van der Waals surface area contributed by atoms with E-state index in [1.807, 2.05) is 26.1 Å². The average Bonchev–Trinajstić information content (AvgIpc) is 2.68. The van der Waals surface area contributed by atoms with Crippen molar-refractivity contribution in [3.63, 3.8) is 0 Å². The summed E-state index contributed by atoms with van der Waals surface area (Å²) in [4.78, 5) is 4.43. The van der Waals surface area contributed by atoms with Crippen LogP contribution >= 0.6 is 27.5 Å². The van der Waals surface area contributed by atoms with Gasteiger partial charge in [0.25, 0.3) is 0 Å². The molecule has 4 nitrogen and oxygen atoms in total. The molecule has 6 heteroatoms. The highest BCUT2D eigenvalue weighted by Crippen LogP contribution is 2.30. The van der Waals surface area contributed by atoms with Crippen LogP contribution in [0.3, 0.4) is 0 Å². The van der Waals surface area contributed by atoms with Gasteiger partial charge in [0.05, 0.1) is 28.6 Å². The summed E-state index contributed by atoms with van der Waals surface area (Å²) in [6, 6.07) is 3.78. The van der Waals surface area contributed by atoms with Crippen LogP contribution in [-0.2, 0) is 7.05 Å². The molecule has 2 aromatic rings. The number of nitrogens with one attached hydrogen (secondary N) is 1. The van der Waals surface area contributed by atoms with Crippen LogP contribution < -0.4 is 5.32 Å². The molecule has 0 radical (unpaired) electrons. The molecule has 0 aromatic carbocycles. The minimum Gasteiger partial charge on any atom is -0.304 e. The first-order valence-corrected chi connectivity index (χ1v) is 6.83. The maximum atomic E-state index is 6.21. The molecular formula is C12H14BrClN4. The Hall–Kier alpha value is -0.910. The van der Waals surface area contributed by atoms with Crippen molar-refractivity contribution in [2.24, 2.45) is 7.05 Å². The Labute approximate surface area is 119 Å². The summed E-state index contributed by atoms with van der Waals surface area (Å²) in [5.41, 5.74) is 1.82. The summed E-state index contributed by atoms with van der Waals surface area (Å²) in [6.45, 7) is 2.86. The molecule has 0 aliphatic carbocycles. The van der Waals surface area contributed by atoms with Gasteiger partial charge in [-0.2, -0.15) is 5.10 Å². The standard InChI is InChI=1S/C12H14BrClN4/c1-3-15-11(10-8(13)5-4-6-16-10)12-9(14)7-17-18(12)2/h4-7,11,15H,3H2,1-2H3. The predicted molar refractivity (Wildman–Crippen MR) is 75.7 cm³/mol. The summed E-state index contributed by atoms with van der Waals surface area (Å²) < 4.78 is 2.73. The lowest BCUT2D eigenvalue weighted by molar-refractivity contribution is 0.560. The quantitative estimate of drug-likeness (QED) is 0.938. The number of aryl methyl sites for hydroxylation is 1. The fraction of sp³-hybridized carbons (Fsp3) is 0.333. The zero-order valence-corrected chi connectivity index (χ0v) is 12.5. The molecule has 0 aliphatic rings. The third-order valence-corrected chi connectivity index (χ3v) is 3.64. The van der Waals surface area contributed by atoms with Gasteiger partial charge in [-0.15, -0.1) is 0 Å². The average molecular weight is 330 g/mol. The van der Waals surface area contributed by atoms with Crippen molar-refractivity contribution in [2.45, 2.75) is 13.0 Å². The van der Waals surface area contributed by atoms with Gasteiger partial charge in [0, 0.05) is 17.7 Å². The lowest BCUT2D eigenvalue weighted by Gasteiger charge is -2.19. The van der Waals surface area contributed by atoms with E-state index >= 15 is 0 Å². The van der Waals surface area contributed by atoms with Gasteiger partial charge in [0.2, 0.25) is 0 Å². The van der Waals surface area contributed by atoms with Gasteiger partial charge in [0.1, 0.15) is 0 Å². The van der Waals surface area contributed by atoms with E-state index in [2.05, 4.69) is 31.3 Å². The molecule has 2 rings (SSSR count). The van der Waals surface area contributed by atoms with Crippen LogP contribution in [0.5, 0.6) is 0 Å². The third kappa shape index (κ3) is 2.58. The molecule has 0 saturated heterocycles. The van der Waals surface area contributed by atoms with Crippen LogP contribution in [0.1, 0.15) is 24.4 Å². The van der Waals surface area contributed by atoms with Crippen molar-refractivity contribution in [3.8, 4) is 0 Å². The maximum absolute atomic E-state index is 6.21. The number of aromatic nitrogens is 3. The highest BCUT2D eigenvalue weighted by molar-refractivity contribution is 9.10. The Morgan fingerprint density at radius 3 is 2.89 bits per heavy atom. The molecule has 0 fully saturated rings. The first-order valence-electron chi connectivity index (χ1n) is 5.66. The Kier molecular flexibility index (Phi) is 4.37. The topological polar surface area (TPSA) is 42.7 Å². The van der Waals surface area contributed by atoms with Crippen LogP contribution in [0.4, 0.5) is 0 Å². The highest BCUT2D eigenvalue weighted by Gasteiger charge is 2.23. The second-order valence-corrected chi connectivity index (χ2v) is 5.12. The van der Waals surface area contributed by atoms with E-state index in [0.717, 1.165) is 22.4 Å². The Balaban J connectivity index is 2.50. The number of halogens is 2. The van der Waals surface area contributed by atoms with E-state index < -0.39 is 0 Å². The van der Waals surface area contributed by atoms with Crippen molar-refractivity contribution < 1.29 is 0 Å². The predicted octanol–water partition coefficient (Wildman–Crippen LogP) is 2.93. The molecule has 1 atom stereocenters. The van der Waals surface area contributed by atoms with Crippen LogP contribution in [0.15, 0.2) is 29.0 Å². The smallest absolute Gasteiger partial charge is 0.0948 e. The molecule has 0 aliphatic heterocycles. The SMILES string of the molecule is CCNC(c1ncccc1Br)c1c(Cl)cnn1C. The van der Waals surface area contributed by atoms with Crippen molar-refractivity contribution in [2.75, 3.05) is 6.54 Å². The van der Waals surface area contributed by atoms with Crippen molar-refractivity contribution in [1.82, 2.24) is 20.1 Å². The summed E-state index contributed by atoms with van der Waals surface area (Å²) in [7, 11) is 1.88. The zero-order chi connectivity index (χ0) is 13.1. The molecule has 1 N–H and O–H groups in total. The lowest BCUT2D eigenvalue weighted by Crippen LogP contribution is -2.25. The largest absolute Gasteiger partial charge is 0.304 e. The summed E-state index contributed by atoms with van der Waals surface area (Å²) >= 11 is 9.74. The molecule has 0 bridgehead atoms. The Morgan fingerprint density at radius 1 is 1.56 bits per heavy atom. The maximum Gasteiger partial charge on any atom is 0.0948 e. The molecule has 0 spiro atoms. The second-order valence-electron chi connectivity index (χ2n) is 3.86. The number of rotatable bonds is 4. The molecule has 0 amide bonds. The van der Waals surface area contributed by atoms with E-state index in [0.29, 0.717) is 5.02 Å². The lowest BCUT2D eigenvalue weighted by atomic mass is 10.1. The zero-order valence-electron chi connectivity index (χ0n) is 10.2. The van der Waals surface area contributed by atoms with Gasteiger partial charge in [-0.1, -0.05) is 18.5 Å². The molecule has 1 unspecified atom stereocenters. The first-order chi connectivity index (χ1) is 8.65. The molecule has 18 heavy (non-hydrogen) atoms. The van der Waals surface area contributed by atoms with Crippen molar-refractivity contribution >= 4 is 27.5 Å². The number of hydrogen-bond donors (Lipinski definition) is 1. The third-order valence-electron chi connectivity index (χ3n) is 2.68. The van der Waals surface area contributed by atoms with E-state index in [1.54, 1.807) is 17.1 Å². The molecule has 2 heterocycles. The molecule has 0 saturated carbocycles. The van der Waals surface area contributed by atoms with E-state index in [-0.39, 0.29) is 6.04 Å². The fourth-order valence-corrected chi connectivity index (χ4v) is 2.64. The van der Waals surface area contributed by atoms with Gasteiger partial charge in [0.15, 0.2) is 0 Å². The summed E-state index contributed by atoms with van der Waals surface area (Å²) in [6.07, 6.45) is 3.42. The first kappa shape index (κ1) is 13.5. The van der Waals surface area contributed by atoms with Crippen LogP contribution in [0.2, 0.25) is 5.02 Å². The van der Waals surface area contributed by atoms with Gasteiger partial charge < -0.3 is 5.32 Å². The van der Waals surface area contributed by atoms with Gasteiger partial charge in [-0.05, 0) is 34.6 Å². The normalized spacial score (nSPS) is 12.7. The van der Waals surface area contributed by atoms with Gasteiger partial charge >= 0.3 is 0 Å². The molecule has 96 valence electrons. The number of pyridine rings is 1. The van der Waals surface area contributed by atoms with E-state index in [4.69, 9.17) is 11.6 Å². The number of hydrogen-bond acceptors (Lipinski definition) is 3. The number of nitrogens with zero attached hydrogens (tertiary/aromatic N) is 3. The van der Waals surface area contributed by atoms with Crippen LogP contribution in [-0.4, -0.2) is 21.3 Å². The monoisotopic (exact) mass is 328 g/mol. The molecular weight excluding hydrogens is 316 g/mol.